The van der Waals surface area contributed by atoms with Crippen molar-refractivity contribution >= 4 is 23.2 Å². The van der Waals surface area contributed by atoms with E-state index in [2.05, 4.69) is 15.6 Å². The molecule has 2 atom stereocenters. The Balaban J connectivity index is 1.46. The Kier molecular flexibility index (Phi) is 11.4. The first-order valence-electron chi connectivity index (χ1n) is 14.1. The molecule has 0 radical (unpaired) electrons. The Morgan fingerprint density at radius 1 is 0.977 bits per heavy atom. The van der Waals surface area contributed by atoms with Gasteiger partial charge in [0, 0.05) is 49.4 Å². The molecule has 226 valence electrons. The lowest BCUT2D eigenvalue weighted by atomic mass is 10.00. The van der Waals surface area contributed by atoms with Crippen molar-refractivity contribution in [3.8, 4) is 5.75 Å². The number of thiazole rings is 1. The van der Waals surface area contributed by atoms with Crippen LogP contribution in [0.3, 0.4) is 0 Å². The van der Waals surface area contributed by atoms with E-state index in [1.807, 2.05) is 66.9 Å². The van der Waals surface area contributed by atoms with Crippen LogP contribution in [0.5, 0.6) is 5.75 Å². The van der Waals surface area contributed by atoms with E-state index < -0.39 is 12.1 Å². The summed E-state index contributed by atoms with van der Waals surface area (Å²) in [5.41, 5.74) is 3.64. The fourth-order valence-electron chi connectivity index (χ4n) is 4.63. The molecule has 0 saturated heterocycles. The Morgan fingerprint density at radius 3 is 2.40 bits per heavy atom. The Labute approximate surface area is 257 Å². The molecule has 9 nitrogen and oxygen atoms in total. The maximum atomic E-state index is 13.5. The molecule has 0 aliphatic carbocycles. The third-order valence-corrected chi connectivity index (χ3v) is 7.89. The van der Waals surface area contributed by atoms with Crippen LogP contribution in [0, 0.1) is 6.92 Å². The molecular formula is C33H39N5O4S. The summed E-state index contributed by atoms with van der Waals surface area (Å²) in [4.78, 5) is 31.5. The average molecular weight is 602 g/mol. The number of ether oxygens (including phenoxy) is 1. The molecular weight excluding hydrogens is 562 g/mol. The minimum absolute atomic E-state index is 0.241. The van der Waals surface area contributed by atoms with E-state index in [1.54, 1.807) is 55.5 Å². The minimum atomic E-state index is -0.870. The van der Waals surface area contributed by atoms with E-state index >= 15 is 0 Å². The Hall–Kier alpha value is -4.09. The molecule has 3 N–H and O–H groups in total. The molecule has 0 aliphatic heterocycles. The standard InChI is InChI=1S/C33H39N5O4S/c1-23-22-43-31(35-23)21-38(37(2)3)33(41)27-14-9-13-26(18-27)32(40)36-29(17-24-10-6-5-7-11-24)30(39)20-34-19-25-12-8-15-28(16-25)42-4/h5-16,18,22,29-30,34,39H,17,19-21H2,1-4H3,(H,36,40)/t29-,30-/m0/s1. The fraction of sp³-hybridized carbons (Fsp3) is 0.303. The lowest BCUT2D eigenvalue weighted by Gasteiger charge is -2.28. The number of aliphatic hydroxyl groups is 1. The van der Waals surface area contributed by atoms with Gasteiger partial charge in [-0.05, 0) is 54.8 Å². The molecule has 4 aromatic rings. The highest BCUT2D eigenvalue weighted by Gasteiger charge is 2.24. The summed E-state index contributed by atoms with van der Waals surface area (Å²) in [7, 11) is 5.22. The second-order valence-corrected chi connectivity index (χ2v) is 11.4. The average Bonchev–Trinajstić information content (AvgIpc) is 3.44. The number of aliphatic hydroxyl groups excluding tert-OH is 1. The number of aryl methyl sites for hydroxylation is 1. The first-order chi connectivity index (χ1) is 20.7. The Morgan fingerprint density at radius 2 is 1.70 bits per heavy atom. The van der Waals surface area contributed by atoms with Gasteiger partial charge in [-0.15, -0.1) is 11.3 Å². The highest BCUT2D eigenvalue weighted by Crippen LogP contribution is 2.17. The van der Waals surface area contributed by atoms with E-state index in [0.29, 0.717) is 30.6 Å². The molecule has 0 fully saturated rings. The third kappa shape index (κ3) is 9.20. The van der Waals surface area contributed by atoms with Crippen LogP contribution in [0.4, 0.5) is 0 Å². The number of hydrazine groups is 1. The minimum Gasteiger partial charge on any atom is -0.497 e. The molecule has 3 aromatic carbocycles. The second-order valence-electron chi connectivity index (χ2n) is 10.5. The zero-order chi connectivity index (χ0) is 30.8. The van der Waals surface area contributed by atoms with Gasteiger partial charge < -0.3 is 20.5 Å². The van der Waals surface area contributed by atoms with Crippen molar-refractivity contribution in [1.82, 2.24) is 25.6 Å². The zero-order valence-corrected chi connectivity index (χ0v) is 25.8. The van der Waals surface area contributed by atoms with E-state index in [-0.39, 0.29) is 18.4 Å². The van der Waals surface area contributed by atoms with Crippen LogP contribution >= 0.6 is 11.3 Å². The number of aromatic nitrogens is 1. The van der Waals surface area contributed by atoms with Crippen molar-refractivity contribution < 1.29 is 19.4 Å². The summed E-state index contributed by atoms with van der Waals surface area (Å²) >= 11 is 1.50. The van der Waals surface area contributed by atoms with Gasteiger partial charge in [0.25, 0.3) is 11.8 Å². The summed E-state index contributed by atoms with van der Waals surface area (Å²) in [6.45, 7) is 3.05. The number of carbonyl (C=O) groups excluding carboxylic acids is 2. The van der Waals surface area contributed by atoms with Gasteiger partial charge in [-0.1, -0.05) is 48.5 Å². The number of hydrogen-bond acceptors (Lipinski definition) is 8. The summed E-state index contributed by atoms with van der Waals surface area (Å²) in [5.74, 6) is 0.159. The highest BCUT2D eigenvalue weighted by atomic mass is 32.1. The predicted octanol–water partition coefficient (Wildman–Crippen LogP) is 4.07. The van der Waals surface area contributed by atoms with Gasteiger partial charge in [-0.3, -0.25) is 14.6 Å². The topological polar surface area (TPSA) is 107 Å². The van der Waals surface area contributed by atoms with E-state index in [0.717, 1.165) is 27.6 Å². The zero-order valence-electron chi connectivity index (χ0n) is 25.0. The van der Waals surface area contributed by atoms with Gasteiger partial charge in [0.2, 0.25) is 0 Å². The first kappa shape index (κ1) is 31.8. The lowest BCUT2D eigenvalue weighted by molar-refractivity contribution is 0.0154. The molecule has 0 saturated carbocycles. The molecule has 0 bridgehead atoms. The molecule has 0 aliphatic rings. The van der Waals surface area contributed by atoms with E-state index in [9.17, 15) is 14.7 Å². The summed E-state index contributed by atoms with van der Waals surface area (Å²) < 4.78 is 5.29. The molecule has 1 aromatic heterocycles. The number of methoxy groups -OCH3 is 1. The van der Waals surface area contributed by atoms with Gasteiger partial charge >= 0.3 is 0 Å². The first-order valence-corrected chi connectivity index (χ1v) is 15.0. The third-order valence-electron chi connectivity index (χ3n) is 6.94. The van der Waals surface area contributed by atoms with Gasteiger partial charge in [0.15, 0.2) is 0 Å². The van der Waals surface area contributed by atoms with Crippen LogP contribution in [-0.4, -0.2) is 71.8 Å². The molecule has 0 unspecified atom stereocenters. The maximum Gasteiger partial charge on any atom is 0.268 e. The van der Waals surface area contributed by atoms with Gasteiger partial charge in [-0.2, -0.15) is 0 Å². The molecule has 4 rings (SSSR count). The Bertz CT molecular complexity index is 1490. The van der Waals surface area contributed by atoms with Crippen molar-refractivity contribution in [2.24, 2.45) is 0 Å². The van der Waals surface area contributed by atoms with Crippen LogP contribution in [0.25, 0.3) is 0 Å². The van der Waals surface area contributed by atoms with Crippen LogP contribution in [-0.2, 0) is 19.5 Å². The van der Waals surface area contributed by atoms with Crippen LogP contribution in [0.15, 0.2) is 84.2 Å². The maximum absolute atomic E-state index is 13.5. The number of amides is 2. The SMILES string of the molecule is COc1cccc(CNC[C@H](O)[C@H](Cc2ccccc2)NC(=O)c2cccc(C(=O)N(Cc3nc(C)cs3)N(C)C)c2)c1. The number of nitrogens with one attached hydrogen (secondary N) is 2. The number of hydrogen-bond donors (Lipinski definition) is 3. The van der Waals surface area contributed by atoms with Crippen LogP contribution in [0.1, 0.15) is 42.5 Å². The number of nitrogens with zero attached hydrogens (tertiary/aromatic N) is 3. The van der Waals surface area contributed by atoms with Gasteiger partial charge in [-0.25, -0.2) is 9.99 Å². The summed E-state index contributed by atoms with van der Waals surface area (Å²) in [6, 6.07) is 23.5. The summed E-state index contributed by atoms with van der Waals surface area (Å²) in [6.07, 6.45) is -0.431. The van der Waals surface area contributed by atoms with Crippen molar-refractivity contribution in [3.05, 3.63) is 117 Å². The van der Waals surface area contributed by atoms with Crippen molar-refractivity contribution in [1.29, 1.82) is 0 Å². The molecule has 0 spiro atoms. The second kappa shape index (κ2) is 15.4. The van der Waals surface area contributed by atoms with Crippen LogP contribution in [0.2, 0.25) is 0 Å². The highest BCUT2D eigenvalue weighted by molar-refractivity contribution is 7.09. The lowest BCUT2D eigenvalue weighted by Crippen LogP contribution is -2.48. The molecule has 10 heteroatoms. The number of rotatable bonds is 14. The quantitative estimate of drug-likeness (QED) is 0.187. The predicted molar refractivity (Wildman–Crippen MR) is 169 cm³/mol. The normalized spacial score (nSPS) is 12.5. The van der Waals surface area contributed by atoms with Crippen molar-refractivity contribution in [2.45, 2.75) is 38.6 Å². The molecule has 2 amide bonds. The van der Waals surface area contributed by atoms with E-state index in [4.69, 9.17) is 4.74 Å². The smallest absolute Gasteiger partial charge is 0.268 e. The summed E-state index contributed by atoms with van der Waals surface area (Å²) in [5, 5.41) is 23.6. The molecule has 43 heavy (non-hydrogen) atoms. The largest absolute Gasteiger partial charge is 0.497 e. The molecule has 1 heterocycles. The van der Waals surface area contributed by atoms with Crippen molar-refractivity contribution in [2.75, 3.05) is 27.7 Å². The number of benzene rings is 3. The number of carbonyl (C=O) groups is 2. The monoisotopic (exact) mass is 601 g/mol. The van der Waals surface area contributed by atoms with Crippen LogP contribution < -0.4 is 15.4 Å². The van der Waals surface area contributed by atoms with Gasteiger partial charge in [0.1, 0.15) is 10.8 Å². The van der Waals surface area contributed by atoms with E-state index in [1.165, 1.54) is 11.3 Å². The van der Waals surface area contributed by atoms with Crippen molar-refractivity contribution in [3.63, 3.8) is 0 Å². The fourth-order valence-corrected chi connectivity index (χ4v) is 5.39. The van der Waals surface area contributed by atoms with Gasteiger partial charge in [0.05, 0.1) is 25.8 Å².